The Labute approximate surface area is 185 Å². The number of nitrogens with one attached hydrogen (secondary N) is 1. The van der Waals surface area contributed by atoms with E-state index < -0.39 is 0 Å². The smallest absolute Gasteiger partial charge is 0.169 e. The number of ether oxygens (including phenoxy) is 2. The first-order valence-corrected chi connectivity index (χ1v) is 11.3. The molecule has 0 saturated carbocycles. The molecule has 1 aliphatic rings. The average Bonchev–Trinajstić information content (AvgIpc) is 3.07. The van der Waals surface area contributed by atoms with Crippen LogP contribution in [0.25, 0.3) is 34.1 Å². The molecule has 0 radical (unpaired) electrons. The molecule has 3 nitrogen and oxygen atoms in total. The van der Waals surface area contributed by atoms with Crippen molar-refractivity contribution in [1.29, 1.82) is 0 Å². The second-order valence-corrected chi connectivity index (χ2v) is 10.5. The van der Waals surface area contributed by atoms with Gasteiger partial charge in [0.15, 0.2) is 11.5 Å². The molecule has 3 aromatic rings. The number of rotatable bonds is 1. The SMILES string of the molecule is C/C=c1\[nH]/c(=C\C)c2c(-c3cc(C(C)(C)C)cc(C(C)(C)C)c3)c3c(cc12)OCCO3. The number of H-pyrrole nitrogens is 1. The number of aromatic amines is 1. The standard InChI is InChI=1S/C28H35NO2/c1-9-21-20-16-23-26(31-12-11-30-23)24(25(20)22(10-2)29-21)17-13-18(27(3,4)5)15-19(14-17)28(6,7)8/h9-10,13-16,29H,11-12H2,1-8H3/b21-9-,22-10-. The molecule has 164 valence electrons. The van der Waals surface area contributed by atoms with Gasteiger partial charge >= 0.3 is 0 Å². The van der Waals surface area contributed by atoms with E-state index in [9.17, 15) is 0 Å². The van der Waals surface area contributed by atoms with Crippen molar-refractivity contribution >= 4 is 22.9 Å². The Hall–Kier alpha value is -2.68. The zero-order valence-corrected chi connectivity index (χ0v) is 20.2. The number of hydrogen-bond acceptors (Lipinski definition) is 2. The molecule has 1 aliphatic heterocycles. The van der Waals surface area contributed by atoms with Crippen LogP contribution in [0.5, 0.6) is 11.5 Å². The van der Waals surface area contributed by atoms with Gasteiger partial charge in [0.05, 0.1) is 0 Å². The first-order valence-electron chi connectivity index (χ1n) is 11.3. The van der Waals surface area contributed by atoms with E-state index in [2.05, 4.69) is 96.8 Å². The quantitative estimate of drug-likeness (QED) is 0.543. The summed E-state index contributed by atoms with van der Waals surface area (Å²) in [6.45, 7) is 19.0. The molecule has 0 aliphatic carbocycles. The van der Waals surface area contributed by atoms with E-state index in [4.69, 9.17) is 9.47 Å². The summed E-state index contributed by atoms with van der Waals surface area (Å²) in [7, 11) is 0. The van der Waals surface area contributed by atoms with Crippen molar-refractivity contribution in [3.63, 3.8) is 0 Å². The zero-order valence-electron chi connectivity index (χ0n) is 20.2. The molecule has 0 unspecified atom stereocenters. The van der Waals surface area contributed by atoms with Crippen LogP contribution in [0.1, 0.15) is 66.5 Å². The molecule has 31 heavy (non-hydrogen) atoms. The molecule has 0 atom stereocenters. The minimum Gasteiger partial charge on any atom is -0.486 e. The Kier molecular flexibility index (Phi) is 5.20. The van der Waals surface area contributed by atoms with E-state index >= 15 is 0 Å². The maximum atomic E-state index is 6.25. The third kappa shape index (κ3) is 3.75. The van der Waals surface area contributed by atoms with Gasteiger partial charge in [-0.05, 0) is 47.4 Å². The van der Waals surface area contributed by atoms with Gasteiger partial charge in [-0.15, -0.1) is 0 Å². The van der Waals surface area contributed by atoms with E-state index in [0.29, 0.717) is 13.2 Å². The van der Waals surface area contributed by atoms with Crippen LogP contribution in [0.15, 0.2) is 24.3 Å². The average molecular weight is 418 g/mol. The van der Waals surface area contributed by atoms with E-state index in [-0.39, 0.29) is 10.8 Å². The lowest BCUT2D eigenvalue weighted by Crippen LogP contribution is -2.18. The molecule has 4 rings (SSSR count). The second-order valence-electron chi connectivity index (χ2n) is 10.5. The lowest BCUT2D eigenvalue weighted by atomic mass is 9.78. The highest BCUT2D eigenvalue weighted by Gasteiger charge is 2.26. The van der Waals surface area contributed by atoms with Gasteiger partial charge in [0.25, 0.3) is 0 Å². The summed E-state index contributed by atoms with van der Waals surface area (Å²) >= 11 is 0. The van der Waals surface area contributed by atoms with Crippen LogP contribution in [0.2, 0.25) is 0 Å². The van der Waals surface area contributed by atoms with Crippen LogP contribution in [-0.4, -0.2) is 18.2 Å². The van der Waals surface area contributed by atoms with Crippen LogP contribution in [0, 0.1) is 0 Å². The maximum absolute atomic E-state index is 6.25. The minimum absolute atomic E-state index is 0.0432. The molecule has 0 spiro atoms. The molecule has 1 aromatic heterocycles. The van der Waals surface area contributed by atoms with Crippen molar-refractivity contribution in [2.45, 2.75) is 66.2 Å². The van der Waals surface area contributed by atoms with Crippen molar-refractivity contribution < 1.29 is 9.47 Å². The van der Waals surface area contributed by atoms with Gasteiger partial charge in [-0.1, -0.05) is 71.9 Å². The van der Waals surface area contributed by atoms with E-state index in [1.54, 1.807) is 0 Å². The summed E-state index contributed by atoms with van der Waals surface area (Å²) < 4.78 is 12.3. The summed E-state index contributed by atoms with van der Waals surface area (Å²) in [6.07, 6.45) is 4.27. The largest absolute Gasteiger partial charge is 0.486 e. The Morgan fingerprint density at radius 1 is 0.774 bits per heavy atom. The van der Waals surface area contributed by atoms with Gasteiger partial charge in [0, 0.05) is 27.0 Å². The summed E-state index contributed by atoms with van der Waals surface area (Å²) in [4.78, 5) is 3.59. The monoisotopic (exact) mass is 417 g/mol. The Balaban J connectivity index is 2.19. The van der Waals surface area contributed by atoms with Gasteiger partial charge in [0.2, 0.25) is 0 Å². The first-order chi connectivity index (χ1) is 14.5. The van der Waals surface area contributed by atoms with Crippen LogP contribution in [0.4, 0.5) is 0 Å². The molecule has 0 saturated heterocycles. The highest BCUT2D eigenvalue weighted by molar-refractivity contribution is 6.02. The lowest BCUT2D eigenvalue weighted by Gasteiger charge is -2.28. The molecular weight excluding hydrogens is 382 g/mol. The number of aromatic nitrogens is 1. The molecule has 0 bridgehead atoms. The van der Waals surface area contributed by atoms with Crippen LogP contribution in [-0.2, 0) is 10.8 Å². The van der Waals surface area contributed by atoms with Crippen molar-refractivity contribution in [2.24, 2.45) is 0 Å². The Morgan fingerprint density at radius 3 is 1.90 bits per heavy atom. The lowest BCUT2D eigenvalue weighted by molar-refractivity contribution is 0.173. The van der Waals surface area contributed by atoms with E-state index in [1.165, 1.54) is 27.5 Å². The Morgan fingerprint density at radius 2 is 1.35 bits per heavy atom. The topological polar surface area (TPSA) is 34.2 Å². The van der Waals surface area contributed by atoms with Crippen molar-refractivity contribution in [3.05, 3.63) is 46.1 Å². The normalized spacial score (nSPS) is 15.7. The highest BCUT2D eigenvalue weighted by Crippen LogP contribution is 2.45. The fourth-order valence-electron chi connectivity index (χ4n) is 4.31. The van der Waals surface area contributed by atoms with Crippen molar-refractivity contribution in [1.82, 2.24) is 4.98 Å². The fraction of sp³-hybridized carbons (Fsp3) is 0.429. The number of hydrogen-bond donors (Lipinski definition) is 1. The maximum Gasteiger partial charge on any atom is 0.169 e. The summed E-state index contributed by atoms with van der Waals surface area (Å²) in [5.74, 6) is 1.69. The molecule has 2 aromatic carbocycles. The third-order valence-electron chi connectivity index (χ3n) is 6.19. The van der Waals surface area contributed by atoms with Gasteiger partial charge < -0.3 is 14.5 Å². The predicted molar refractivity (Wildman–Crippen MR) is 132 cm³/mol. The van der Waals surface area contributed by atoms with Gasteiger partial charge in [-0.3, -0.25) is 0 Å². The highest BCUT2D eigenvalue weighted by atomic mass is 16.6. The van der Waals surface area contributed by atoms with Gasteiger partial charge in [0.1, 0.15) is 13.2 Å². The summed E-state index contributed by atoms with van der Waals surface area (Å²) in [6, 6.07) is 9.17. The number of benzene rings is 2. The van der Waals surface area contributed by atoms with Crippen LogP contribution >= 0.6 is 0 Å². The molecular formula is C28H35NO2. The molecule has 0 fully saturated rings. The predicted octanol–water partition coefficient (Wildman–Crippen LogP) is 5.80. The summed E-state index contributed by atoms with van der Waals surface area (Å²) in [5.41, 5.74) is 5.06. The van der Waals surface area contributed by atoms with Gasteiger partial charge in [-0.2, -0.15) is 0 Å². The number of fused-ring (bicyclic) bond motifs is 2. The Bertz CT molecular complexity index is 1230. The molecule has 2 heterocycles. The molecule has 1 N–H and O–H groups in total. The van der Waals surface area contributed by atoms with Crippen LogP contribution in [0.3, 0.4) is 0 Å². The molecule has 0 amide bonds. The van der Waals surface area contributed by atoms with Gasteiger partial charge in [-0.25, -0.2) is 0 Å². The summed E-state index contributed by atoms with van der Waals surface area (Å²) in [5, 5.41) is 4.61. The second kappa shape index (κ2) is 7.47. The first kappa shape index (κ1) is 21.5. The van der Waals surface area contributed by atoms with Crippen LogP contribution < -0.4 is 20.2 Å². The van der Waals surface area contributed by atoms with Crippen molar-refractivity contribution in [3.8, 4) is 22.6 Å². The van der Waals surface area contributed by atoms with E-state index in [1.807, 2.05) is 0 Å². The molecule has 3 heteroatoms. The zero-order chi connectivity index (χ0) is 22.6. The van der Waals surface area contributed by atoms with Crippen molar-refractivity contribution in [2.75, 3.05) is 13.2 Å². The minimum atomic E-state index is 0.0432. The fourth-order valence-corrected chi connectivity index (χ4v) is 4.31. The van der Waals surface area contributed by atoms with E-state index in [0.717, 1.165) is 27.8 Å². The third-order valence-corrected chi connectivity index (χ3v) is 6.19.